The molecule has 4 saturated carbocycles. The van der Waals surface area contributed by atoms with Gasteiger partial charge in [-0.25, -0.2) is 0 Å². The minimum absolute atomic E-state index is 0.116. The maximum atomic E-state index is 6.56. The number of allylic oxidation sites excluding steroid dienone is 5. The van der Waals surface area contributed by atoms with Gasteiger partial charge in [-0.2, -0.15) is 0 Å². The first-order valence-corrected chi connectivity index (χ1v) is 29.3. The molecule has 5 nitrogen and oxygen atoms in total. The van der Waals surface area contributed by atoms with Crippen LogP contribution in [0.15, 0.2) is 36.0 Å². The standard InChI is InChI=1S/C61H107NO4/c1-7-8-9-10-11-12-13-14-15-16-17-18-19-20-21-24-40-64-48-55(47-62-39-36-51-28-22-23-29-52(51)46-62)66-44-42-63-41-43-65-54-34-37-60(5)53(45-54)30-31-56-58-33-32-57(50(4)27-25-26-49(2)3)61(58,6)38-35-59(56)60/h11-12,14-15,30,49-52,54-59H,7-10,13,16-29,31-48H2,1-6H3/t50-,51+,52+,54+,55?,56?,57-,58?,59?,60+,61-/m1/s1. The molecule has 11 atom stereocenters. The van der Waals surface area contributed by atoms with E-state index in [4.69, 9.17) is 18.9 Å². The second kappa shape index (κ2) is 29.4. The van der Waals surface area contributed by atoms with Crippen LogP contribution in [-0.4, -0.2) is 76.4 Å². The summed E-state index contributed by atoms with van der Waals surface area (Å²) in [7, 11) is 0. The molecule has 0 N–H and O–H groups in total. The van der Waals surface area contributed by atoms with Crippen LogP contribution in [0.4, 0.5) is 0 Å². The summed E-state index contributed by atoms with van der Waals surface area (Å²) in [5.74, 6) is 7.22. The molecule has 0 radical (unpaired) electrons. The summed E-state index contributed by atoms with van der Waals surface area (Å²) in [5, 5.41) is 0. The average molecular weight is 919 g/mol. The van der Waals surface area contributed by atoms with E-state index < -0.39 is 0 Å². The van der Waals surface area contributed by atoms with Crippen molar-refractivity contribution in [2.45, 2.75) is 234 Å². The molecule has 6 aliphatic rings. The molecule has 0 amide bonds. The molecule has 0 bridgehead atoms. The fourth-order valence-corrected chi connectivity index (χ4v) is 15.1. The van der Waals surface area contributed by atoms with Crippen LogP contribution in [0.3, 0.4) is 0 Å². The number of fused-ring (bicyclic) bond motifs is 6. The molecular formula is C61H107NO4. The third kappa shape index (κ3) is 16.6. The van der Waals surface area contributed by atoms with Gasteiger partial charge in [0.2, 0.25) is 0 Å². The minimum atomic E-state index is 0.116. The molecule has 0 aromatic carbocycles. The van der Waals surface area contributed by atoms with Gasteiger partial charge in [-0.15, -0.1) is 0 Å². The van der Waals surface area contributed by atoms with E-state index in [1.807, 2.05) is 0 Å². The number of ether oxygens (including phenoxy) is 4. The number of hydrogen-bond donors (Lipinski definition) is 0. The van der Waals surface area contributed by atoms with Crippen molar-refractivity contribution in [3.8, 4) is 0 Å². The highest BCUT2D eigenvalue weighted by atomic mass is 16.6. The lowest BCUT2D eigenvalue weighted by atomic mass is 9.47. The van der Waals surface area contributed by atoms with E-state index in [-0.39, 0.29) is 6.10 Å². The van der Waals surface area contributed by atoms with E-state index >= 15 is 0 Å². The molecule has 380 valence electrons. The van der Waals surface area contributed by atoms with Gasteiger partial charge in [0.05, 0.1) is 45.2 Å². The molecule has 5 aliphatic carbocycles. The van der Waals surface area contributed by atoms with Crippen molar-refractivity contribution in [3.63, 3.8) is 0 Å². The maximum Gasteiger partial charge on any atom is 0.0936 e. The SMILES string of the molecule is CCCCCC=CCC=CCCCCCCCCOCC(CN1CC[C@@H]2CCCC[C@H]2C1)OCCOCCO[C@H]1CC[C@@]2(C)C(=CCC3C2CC[C@@]2(C)C3CC[C@@H]2[C@H](C)CCCC(C)C)C1. The topological polar surface area (TPSA) is 40.2 Å². The van der Waals surface area contributed by atoms with Gasteiger partial charge < -0.3 is 23.8 Å². The molecule has 5 fully saturated rings. The molecule has 66 heavy (non-hydrogen) atoms. The largest absolute Gasteiger partial charge is 0.379 e. The van der Waals surface area contributed by atoms with Crippen LogP contribution >= 0.6 is 0 Å². The maximum absolute atomic E-state index is 6.56. The fraction of sp³-hybridized carbons (Fsp3) is 0.902. The summed E-state index contributed by atoms with van der Waals surface area (Å²) in [4.78, 5) is 2.69. The number of piperidine rings is 1. The molecule has 1 saturated heterocycles. The highest BCUT2D eigenvalue weighted by molar-refractivity contribution is 5.25. The number of rotatable bonds is 32. The fourth-order valence-electron chi connectivity index (χ4n) is 15.1. The first kappa shape index (κ1) is 54.4. The third-order valence-electron chi connectivity index (χ3n) is 19.1. The second-order valence-electron chi connectivity index (χ2n) is 24.1. The lowest BCUT2D eigenvalue weighted by molar-refractivity contribution is -0.0751. The number of unbranched alkanes of at least 4 members (excludes halogenated alkanes) is 9. The van der Waals surface area contributed by atoms with Gasteiger partial charge in [0, 0.05) is 19.7 Å². The van der Waals surface area contributed by atoms with E-state index in [0.29, 0.717) is 50.0 Å². The summed E-state index contributed by atoms with van der Waals surface area (Å²) < 4.78 is 25.6. The minimum Gasteiger partial charge on any atom is -0.379 e. The van der Waals surface area contributed by atoms with Crippen molar-refractivity contribution in [3.05, 3.63) is 36.0 Å². The first-order valence-electron chi connectivity index (χ1n) is 29.3. The Kier molecular flexibility index (Phi) is 24.2. The monoisotopic (exact) mass is 918 g/mol. The zero-order valence-electron chi connectivity index (χ0n) is 44.4. The van der Waals surface area contributed by atoms with E-state index in [9.17, 15) is 0 Å². The van der Waals surface area contributed by atoms with Gasteiger partial charge >= 0.3 is 0 Å². The molecule has 1 heterocycles. The van der Waals surface area contributed by atoms with E-state index in [0.717, 1.165) is 79.8 Å². The van der Waals surface area contributed by atoms with Crippen LogP contribution < -0.4 is 0 Å². The summed E-state index contributed by atoms with van der Waals surface area (Å²) in [6, 6.07) is 0. The van der Waals surface area contributed by atoms with Gasteiger partial charge in [0.1, 0.15) is 0 Å². The zero-order valence-corrected chi connectivity index (χ0v) is 44.4. The van der Waals surface area contributed by atoms with Crippen LogP contribution in [0, 0.1) is 58.2 Å². The highest BCUT2D eigenvalue weighted by Crippen LogP contribution is 2.67. The van der Waals surface area contributed by atoms with E-state index in [1.54, 1.807) is 5.57 Å². The van der Waals surface area contributed by atoms with Gasteiger partial charge in [0.15, 0.2) is 0 Å². The van der Waals surface area contributed by atoms with Gasteiger partial charge in [0.25, 0.3) is 0 Å². The Labute approximate surface area is 409 Å². The molecule has 1 aliphatic heterocycles. The highest BCUT2D eigenvalue weighted by Gasteiger charge is 2.59. The number of nitrogens with zero attached hydrogens (tertiary/aromatic N) is 1. The van der Waals surface area contributed by atoms with Gasteiger partial charge in [-0.1, -0.05) is 155 Å². The Morgan fingerprint density at radius 1 is 0.697 bits per heavy atom. The normalized spacial score (nSPS) is 32.3. The lowest BCUT2D eigenvalue weighted by Crippen LogP contribution is -2.51. The Bertz CT molecular complexity index is 1410. The summed E-state index contributed by atoms with van der Waals surface area (Å²) in [6.45, 7) is 22.7. The van der Waals surface area contributed by atoms with Crippen molar-refractivity contribution >= 4 is 0 Å². The van der Waals surface area contributed by atoms with Crippen LogP contribution in [0.5, 0.6) is 0 Å². The van der Waals surface area contributed by atoms with E-state index in [1.165, 1.54) is 174 Å². The Hall–Kier alpha value is -0.980. The molecule has 4 unspecified atom stereocenters. The third-order valence-corrected chi connectivity index (χ3v) is 19.1. The molecular weight excluding hydrogens is 811 g/mol. The lowest BCUT2D eigenvalue weighted by Gasteiger charge is -2.58. The first-order chi connectivity index (χ1) is 32.2. The van der Waals surface area contributed by atoms with Crippen LogP contribution in [-0.2, 0) is 18.9 Å². The van der Waals surface area contributed by atoms with Crippen LogP contribution in [0.2, 0.25) is 0 Å². The van der Waals surface area contributed by atoms with Crippen LogP contribution in [0.1, 0.15) is 221 Å². The smallest absolute Gasteiger partial charge is 0.0936 e. The van der Waals surface area contributed by atoms with Crippen molar-refractivity contribution in [1.29, 1.82) is 0 Å². The quantitative estimate of drug-likeness (QED) is 0.0497. The van der Waals surface area contributed by atoms with Crippen molar-refractivity contribution in [2.75, 3.05) is 59.3 Å². The zero-order chi connectivity index (χ0) is 46.5. The Balaban J connectivity index is 0.837. The van der Waals surface area contributed by atoms with Crippen molar-refractivity contribution in [2.24, 2.45) is 58.2 Å². The predicted octanol–water partition coefficient (Wildman–Crippen LogP) is 16.2. The number of likely N-dealkylation sites (tertiary alicyclic amines) is 1. The Morgan fingerprint density at radius 3 is 2.26 bits per heavy atom. The molecule has 0 aromatic heterocycles. The van der Waals surface area contributed by atoms with Crippen molar-refractivity contribution < 1.29 is 18.9 Å². The van der Waals surface area contributed by atoms with Gasteiger partial charge in [-0.3, -0.25) is 0 Å². The second-order valence-corrected chi connectivity index (χ2v) is 24.1. The molecule has 0 spiro atoms. The van der Waals surface area contributed by atoms with Crippen LogP contribution in [0.25, 0.3) is 0 Å². The van der Waals surface area contributed by atoms with E-state index in [2.05, 4.69) is 76.8 Å². The summed E-state index contributed by atoms with van der Waals surface area (Å²) >= 11 is 0. The average Bonchev–Trinajstić information content (AvgIpc) is 3.68. The predicted molar refractivity (Wildman–Crippen MR) is 280 cm³/mol. The number of hydrogen-bond acceptors (Lipinski definition) is 5. The van der Waals surface area contributed by atoms with Gasteiger partial charge in [-0.05, 0) is 167 Å². The summed E-state index contributed by atoms with van der Waals surface area (Å²) in [6.07, 6.45) is 50.1. The van der Waals surface area contributed by atoms with Crippen molar-refractivity contribution in [1.82, 2.24) is 4.90 Å². The molecule has 5 heteroatoms. The Morgan fingerprint density at radius 2 is 1.45 bits per heavy atom. The molecule has 6 rings (SSSR count). The molecule has 0 aromatic rings. The summed E-state index contributed by atoms with van der Waals surface area (Å²) in [5.41, 5.74) is 2.68.